The van der Waals surface area contributed by atoms with Crippen LogP contribution in [0.1, 0.15) is 29.7 Å². The molecule has 6 nitrogen and oxygen atoms in total. The Kier molecular flexibility index (Phi) is 6.54. The van der Waals surface area contributed by atoms with Crippen LogP contribution in [0.2, 0.25) is 5.02 Å². The van der Waals surface area contributed by atoms with Crippen molar-refractivity contribution in [3.63, 3.8) is 0 Å². The molecular weight excluding hydrogens is 530 g/mol. The number of halogens is 1. The second-order valence-corrected chi connectivity index (χ2v) is 10.6. The molecule has 0 bridgehead atoms. The van der Waals surface area contributed by atoms with Gasteiger partial charge in [0, 0.05) is 40.3 Å². The summed E-state index contributed by atoms with van der Waals surface area (Å²) in [5.74, 6) is -0.511. The molecular formula is C31H24ClN3O3S. The number of ether oxygens (including phenoxy) is 1. The van der Waals surface area contributed by atoms with Crippen molar-refractivity contribution in [2.75, 3.05) is 6.61 Å². The highest BCUT2D eigenvalue weighted by Crippen LogP contribution is 2.35. The zero-order valence-electron chi connectivity index (χ0n) is 21.3. The summed E-state index contributed by atoms with van der Waals surface area (Å²) in [4.78, 5) is 33.0. The third-order valence-electron chi connectivity index (χ3n) is 6.77. The molecule has 3 aromatic carbocycles. The van der Waals surface area contributed by atoms with E-state index in [1.807, 2.05) is 90.6 Å². The lowest BCUT2D eigenvalue weighted by Crippen LogP contribution is -2.40. The van der Waals surface area contributed by atoms with Crippen LogP contribution in [0.4, 0.5) is 0 Å². The minimum atomic E-state index is -0.734. The molecule has 1 aliphatic rings. The van der Waals surface area contributed by atoms with E-state index in [-0.39, 0.29) is 12.2 Å². The Hall–Kier alpha value is -4.20. The summed E-state index contributed by atoms with van der Waals surface area (Å²) in [5.41, 5.74) is 4.11. The molecule has 0 spiro atoms. The van der Waals surface area contributed by atoms with Gasteiger partial charge < -0.3 is 9.30 Å². The maximum atomic E-state index is 14.1. The van der Waals surface area contributed by atoms with Crippen LogP contribution in [-0.2, 0) is 16.6 Å². The zero-order valence-corrected chi connectivity index (χ0v) is 22.9. The third kappa shape index (κ3) is 4.43. The molecule has 6 rings (SSSR count). The lowest BCUT2D eigenvalue weighted by atomic mass is 9.93. The number of carbonyl (C=O) groups excluding carboxylic acids is 1. The lowest BCUT2D eigenvalue weighted by molar-refractivity contribution is -0.138. The van der Waals surface area contributed by atoms with Gasteiger partial charge in [-0.15, -0.1) is 0 Å². The van der Waals surface area contributed by atoms with Crippen LogP contribution in [0, 0.1) is 0 Å². The van der Waals surface area contributed by atoms with E-state index >= 15 is 0 Å². The minimum absolute atomic E-state index is 0.198. The topological polar surface area (TPSA) is 65.6 Å². The van der Waals surface area contributed by atoms with Crippen molar-refractivity contribution in [3.05, 3.63) is 132 Å². The molecule has 0 unspecified atom stereocenters. The fourth-order valence-corrected chi connectivity index (χ4v) is 6.15. The van der Waals surface area contributed by atoms with Crippen molar-refractivity contribution >= 4 is 51.6 Å². The maximum absolute atomic E-state index is 14.1. The van der Waals surface area contributed by atoms with Gasteiger partial charge in [0.15, 0.2) is 4.80 Å². The average Bonchev–Trinajstić information content (AvgIpc) is 3.44. The van der Waals surface area contributed by atoms with E-state index in [9.17, 15) is 9.59 Å². The van der Waals surface area contributed by atoms with E-state index in [4.69, 9.17) is 21.3 Å². The molecule has 0 saturated carbocycles. The van der Waals surface area contributed by atoms with Crippen molar-refractivity contribution in [1.29, 1.82) is 0 Å². The Morgan fingerprint density at radius 2 is 1.77 bits per heavy atom. The van der Waals surface area contributed by atoms with E-state index in [0.29, 0.717) is 25.6 Å². The van der Waals surface area contributed by atoms with E-state index < -0.39 is 12.0 Å². The number of aryl methyl sites for hydroxylation is 1. The smallest absolute Gasteiger partial charge is 0.338 e. The molecule has 194 valence electrons. The Labute approximate surface area is 233 Å². The van der Waals surface area contributed by atoms with Crippen molar-refractivity contribution < 1.29 is 9.53 Å². The molecule has 0 amide bonds. The number of thiazole rings is 1. The number of hydrogen-bond acceptors (Lipinski definition) is 5. The van der Waals surface area contributed by atoms with Gasteiger partial charge in [-0.2, -0.15) is 0 Å². The summed E-state index contributed by atoms with van der Waals surface area (Å²) in [6.07, 6.45) is 3.92. The first-order valence-corrected chi connectivity index (χ1v) is 13.7. The van der Waals surface area contributed by atoms with Gasteiger partial charge in [0.05, 0.1) is 28.5 Å². The SMILES string of the molecule is CCOC(=O)C1=C(c2ccccc2)N=c2s/c(=C\c3cn(C)c4ccccc34)c(=O)n2[C@@H]1c1ccc(Cl)cc1. The molecule has 2 aromatic heterocycles. The Bertz CT molecular complexity index is 1930. The van der Waals surface area contributed by atoms with Gasteiger partial charge in [0.2, 0.25) is 0 Å². The molecule has 3 heterocycles. The van der Waals surface area contributed by atoms with Crippen LogP contribution in [-0.4, -0.2) is 21.7 Å². The first-order chi connectivity index (χ1) is 19.0. The number of benzene rings is 3. The van der Waals surface area contributed by atoms with Crippen LogP contribution in [0.15, 0.2) is 100 Å². The first kappa shape index (κ1) is 25.1. The fraction of sp³-hybridized carbons (Fsp3) is 0.129. The fourth-order valence-electron chi connectivity index (χ4n) is 5.03. The zero-order chi connectivity index (χ0) is 27.1. The number of aromatic nitrogens is 2. The molecule has 0 aliphatic carbocycles. The van der Waals surface area contributed by atoms with Gasteiger partial charge >= 0.3 is 5.97 Å². The molecule has 0 radical (unpaired) electrons. The van der Waals surface area contributed by atoms with Gasteiger partial charge in [0.1, 0.15) is 0 Å². The van der Waals surface area contributed by atoms with Gasteiger partial charge in [-0.25, -0.2) is 9.79 Å². The van der Waals surface area contributed by atoms with Crippen LogP contribution in [0.3, 0.4) is 0 Å². The van der Waals surface area contributed by atoms with Crippen LogP contribution in [0.25, 0.3) is 22.7 Å². The Morgan fingerprint density at radius 3 is 2.51 bits per heavy atom. The summed E-state index contributed by atoms with van der Waals surface area (Å²) in [6, 6.07) is 24.0. The highest BCUT2D eigenvalue weighted by molar-refractivity contribution is 7.07. The second-order valence-electron chi connectivity index (χ2n) is 9.20. The molecule has 1 atom stereocenters. The highest BCUT2D eigenvalue weighted by Gasteiger charge is 2.35. The average molecular weight is 554 g/mol. The van der Waals surface area contributed by atoms with Crippen LogP contribution < -0.4 is 14.9 Å². The molecule has 0 saturated heterocycles. The molecule has 1 aliphatic heterocycles. The molecule has 0 fully saturated rings. The van der Waals surface area contributed by atoms with Crippen molar-refractivity contribution in [2.45, 2.75) is 13.0 Å². The summed E-state index contributed by atoms with van der Waals surface area (Å²) in [5, 5.41) is 1.62. The summed E-state index contributed by atoms with van der Waals surface area (Å²) < 4.78 is 9.68. The number of rotatable bonds is 5. The van der Waals surface area contributed by atoms with E-state index in [1.54, 1.807) is 23.6 Å². The number of esters is 1. The maximum Gasteiger partial charge on any atom is 0.338 e. The summed E-state index contributed by atoms with van der Waals surface area (Å²) in [7, 11) is 1.99. The van der Waals surface area contributed by atoms with Crippen molar-refractivity contribution in [2.24, 2.45) is 12.0 Å². The standard InChI is InChI=1S/C31H24ClN3O3S/c1-3-38-30(37)26-27(19-9-5-4-6-10-19)33-31-35(28(26)20-13-15-22(32)16-14-20)29(36)25(39-31)17-21-18-34(2)24-12-8-7-11-23(21)24/h4-18,28H,3H2,1-2H3/b25-17-/t28-/m1/s1. The third-order valence-corrected chi connectivity index (χ3v) is 8.01. The first-order valence-electron chi connectivity index (χ1n) is 12.5. The number of hydrogen-bond donors (Lipinski definition) is 0. The molecule has 0 N–H and O–H groups in total. The van der Waals surface area contributed by atoms with Gasteiger partial charge in [-0.05, 0) is 36.8 Å². The summed E-state index contributed by atoms with van der Waals surface area (Å²) in [6.45, 7) is 1.96. The number of para-hydroxylation sites is 1. The quantitative estimate of drug-likeness (QED) is 0.285. The van der Waals surface area contributed by atoms with Crippen LogP contribution in [0.5, 0.6) is 0 Å². The highest BCUT2D eigenvalue weighted by atomic mass is 35.5. The predicted molar refractivity (Wildman–Crippen MR) is 155 cm³/mol. The van der Waals surface area contributed by atoms with E-state index in [0.717, 1.165) is 27.6 Å². The minimum Gasteiger partial charge on any atom is -0.463 e. The second kappa shape index (κ2) is 10.2. The lowest BCUT2D eigenvalue weighted by Gasteiger charge is -2.25. The Balaban J connectivity index is 1.66. The summed E-state index contributed by atoms with van der Waals surface area (Å²) >= 11 is 7.51. The Morgan fingerprint density at radius 1 is 1.05 bits per heavy atom. The van der Waals surface area contributed by atoms with Gasteiger partial charge in [0.25, 0.3) is 5.56 Å². The van der Waals surface area contributed by atoms with Crippen molar-refractivity contribution in [1.82, 2.24) is 9.13 Å². The number of carbonyl (C=O) groups is 1. The monoisotopic (exact) mass is 553 g/mol. The van der Waals surface area contributed by atoms with Gasteiger partial charge in [-0.1, -0.05) is 83.6 Å². The van der Waals surface area contributed by atoms with E-state index in [2.05, 4.69) is 0 Å². The number of fused-ring (bicyclic) bond motifs is 2. The largest absolute Gasteiger partial charge is 0.463 e. The molecule has 39 heavy (non-hydrogen) atoms. The van der Waals surface area contributed by atoms with Crippen molar-refractivity contribution in [3.8, 4) is 0 Å². The normalized spacial score (nSPS) is 15.4. The molecule has 5 aromatic rings. The predicted octanol–water partition coefficient (Wildman–Crippen LogP) is 5.08. The molecule has 8 heteroatoms. The van der Waals surface area contributed by atoms with Gasteiger partial charge in [-0.3, -0.25) is 9.36 Å². The number of nitrogens with zero attached hydrogens (tertiary/aromatic N) is 3. The van der Waals surface area contributed by atoms with E-state index in [1.165, 1.54) is 11.3 Å². The van der Waals surface area contributed by atoms with Crippen LogP contribution >= 0.6 is 22.9 Å².